The fourth-order valence-corrected chi connectivity index (χ4v) is 3.77. The summed E-state index contributed by atoms with van der Waals surface area (Å²) in [6.07, 6.45) is -0.514. The van der Waals surface area contributed by atoms with E-state index in [2.05, 4.69) is 34.4 Å². The number of aromatic nitrogens is 1. The molecule has 0 spiro atoms. The number of halogens is 3. The van der Waals surface area contributed by atoms with Crippen LogP contribution in [0.15, 0.2) is 54.7 Å². The van der Waals surface area contributed by atoms with E-state index in [9.17, 15) is 13.2 Å². The molecule has 4 rings (SSSR count). The van der Waals surface area contributed by atoms with E-state index in [1.54, 1.807) is 6.07 Å². The second kappa shape index (κ2) is 7.43. The smallest absolute Gasteiger partial charge is 0.355 e. The molecule has 3 nitrogen and oxygen atoms in total. The van der Waals surface area contributed by atoms with Crippen LogP contribution < -0.4 is 5.32 Å². The molecule has 2 heterocycles. The lowest BCUT2D eigenvalue weighted by atomic mass is 9.89. The van der Waals surface area contributed by atoms with Crippen LogP contribution in [0.1, 0.15) is 29.9 Å². The molecule has 0 radical (unpaired) electrons. The molecule has 1 N–H and O–H groups in total. The Labute approximate surface area is 162 Å². The number of piperidine rings is 1. The molecule has 0 atom stereocenters. The monoisotopic (exact) mass is 385 g/mol. The van der Waals surface area contributed by atoms with Gasteiger partial charge in [0.25, 0.3) is 0 Å². The van der Waals surface area contributed by atoms with Crippen molar-refractivity contribution >= 4 is 22.3 Å². The summed E-state index contributed by atoms with van der Waals surface area (Å²) < 4.78 is 38.8. The molecular weight excluding hydrogens is 363 g/mol. The summed E-state index contributed by atoms with van der Waals surface area (Å²) in [6, 6.07) is 13.8. The molecule has 1 aliphatic heterocycles. The van der Waals surface area contributed by atoms with E-state index in [0.717, 1.165) is 36.6 Å². The Morgan fingerprint density at radius 2 is 1.71 bits per heavy atom. The van der Waals surface area contributed by atoms with E-state index in [1.807, 2.05) is 12.1 Å². The lowest BCUT2D eigenvalue weighted by Crippen LogP contribution is -2.29. The van der Waals surface area contributed by atoms with E-state index in [4.69, 9.17) is 0 Å². The van der Waals surface area contributed by atoms with Gasteiger partial charge in [0.2, 0.25) is 0 Å². The number of rotatable bonds is 3. The molecule has 2 aromatic carbocycles. The number of alkyl halides is 3. The van der Waals surface area contributed by atoms with Crippen LogP contribution in [0.4, 0.5) is 24.5 Å². The molecule has 1 aliphatic rings. The fraction of sp³-hybridized carbons (Fsp3) is 0.318. The fourth-order valence-electron chi connectivity index (χ4n) is 3.77. The maximum Gasteiger partial charge on any atom is 0.416 e. The third-order valence-electron chi connectivity index (χ3n) is 5.45. The van der Waals surface area contributed by atoms with Crippen molar-refractivity contribution in [3.05, 3.63) is 65.9 Å². The van der Waals surface area contributed by atoms with Crippen LogP contribution in [0.5, 0.6) is 0 Å². The molecule has 1 fully saturated rings. The highest BCUT2D eigenvalue weighted by Gasteiger charge is 2.30. The highest BCUT2D eigenvalue weighted by molar-refractivity contribution is 5.93. The summed E-state index contributed by atoms with van der Waals surface area (Å²) in [6.45, 7) is 2.24. The standard InChI is InChI=1S/C22H22F3N3/c1-28-12-9-16(10-13-28)15-2-5-18(6-3-15)27-20-8-11-26-21-14-17(22(23,24)25)4-7-19(20)21/h2-8,11,14,16H,9-10,12-13H2,1H3,(H,26,27). The maximum atomic E-state index is 12.9. The number of hydrogen-bond donors (Lipinski definition) is 1. The molecule has 1 aromatic heterocycles. The van der Waals surface area contributed by atoms with Gasteiger partial charge in [0.15, 0.2) is 0 Å². The summed E-state index contributed by atoms with van der Waals surface area (Å²) in [4.78, 5) is 6.45. The van der Waals surface area contributed by atoms with Crippen LogP contribution in [0.25, 0.3) is 10.9 Å². The van der Waals surface area contributed by atoms with E-state index in [-0.39, 0.29) is 0 Å². The summed E-state index contributed by atoms with van der Waals surface area (Å²) >= 11 is 0. The van der Waals surface area contributed by atoms with Gasteiger partial charge in [-0.3, -0.25) is 4.98 Å². The number of fused-ring (bicyclic) bond motifs is 1. The number of likely N-dealkylation sites (tertiary alicyclic amines) is 1. The molecule has 0 saturated carbocycles. The number of pyridine rings is 1. The summed E-state index contributed by atoms with van der Waals surface area (Å²) in [5.74, 6) is 0.591. The minimum Gasteiger partial charge on any atom is -0.355 e. The molecule has 3 aromatic rings. The lowest BCUT2D eigenvalue weighted by molar-refractivity contribution is -0.137. The average molecular weight is 385 g/mol. The van der Waals surface area contributed by atoms with Crippen LogP contribution >= 0.6 is 0 Å². The highest BCUT2D eigenvalue weighted by Crippen LogP contribution is 2.34. The van der Waals surface area contributed by atoms with Crippen molar-refractivity contribution in [2.45, 2.75) is 24.9 Å². The Kier molecular flexibility index (Phi) is 4.98. The van der Waals surface area contributed by atoms with Crippen molar-refractivity contribution in [3.8, 4) is 0 Å². The highest BCUT2D eigenvalue weighted by atomic mass is 19.4. The zero-order chi connectivity index (χ0) is 19.7. The topological polar surface area (TPSA) is 28.2 Å². The molecule has 6 heteroatoms. The Balaban J connectivity index is 1.55. The van der Waals surface area contributed by atoms with Gasteiger partial charge in [-0.1, -0.05) is 18.2 Å². The van der Waals surface area contributed by atoms with E-state index >= 15 is 0 Å². The van der Waals surface area contributed by atoms with E-state index < -0.39 is 11.7 Å². The molecular formula is C22H22F3N3. The summed E-state index contributed by atoms with van der Waals surface area (Å²) in [5, 5.41) is 3.97. The first kappa shape index (κ1) is 18.7. The molecule has 0 unspecified atom stereocenters. The van der Waals surface area contributed by atoms with Gasteiger partial charge in [-0.05, 0) is 74.8 Å². The molecule has 28 heavy (non-hydrogen) atoms. The van der Waals surface area contributed by atoms with Gasteiger partial charge in [0.1, 0.15) is 0 Å². The third kappa shape index (κ3) is 3.97. The first-order chi connectivity index (χ1) is 13.4. The quantitative estimate of drug-likeness (QED) is 0.617. The van der Waals surface area contributed by atoms with Crippen LogP contribution in [0.3, 0.4) is 0 Å². The molecule has 1 saturated heterocycles. The van der Waals surface area contributed by atoms with Crippen molar-refractivity contribution in [1.29, 1.82) is 0 Å². The van der Waals surface area contributed by atoms with E-state index in [1.165, 1.54) is 30.7 Å². The average Bonchev–Trinajstić information content (AvgIpc) is 2.68. The molecule has 0 aliphatic carbocycles. The largest absolute Gasteiger partial charge is 0.416 e. The SMILES string of the molecule is CN1CCC(c2ccc(Nc3ccnc4cc(C(F)(F)F)ccc34)cc2)CC1. The number of hydrogen-bond acceptors (Lipinski definition) is 3. The van der Waals surface area contributed by atoms with Gasteiger partial charge >= 0.3 is 6.18 Å². The lowest BCUT2D eigenvalue weighted by Gasteiger charge is -2.29. The predicted molar refractivity (Wildman–Crippen MR) is 106 cm³/mol. The maximum absolute atomic E-state index is 12.9. The first-order valence-corrected chi connectivity index (χ1v) is 9.42. The number of benzene rings is 2. The number of nitrogens with one attached hydrogen (secondary N) is 1. The van der Waals surface area contributed by atoms with Crippen molar-refractivity contribution in [3.63, 3.8) is 0 Å². The Morgan fingerprint density at radius 1 is 1.00 bits per heavy atom. The van der Waals surface area contributed by atoms with Crippen molar-refractivity contribution in [2.24, 2.45) is 0 Å². The zero-order valence-corrected chi connectivity index (χ0v) is 15.6. The van der Waals surface area contributed by atoms with Gasteiger partial charge in [-0.15, -0.1) is 0 Å². The van der Waals surface area contributed by atoms with E-state index in [0.29, 0.717) is 16.8 Å². The number of anilines is 2. The van der Waals surface area contributed by atoms with Gasteiger partial charge in [-0.2, -0.15) is 13.2 Å². The predicted octanol–water partition coefficient (Wildman–Crippen LogP) is 5.81. The minimum absolute atomic E-state index is 0.322. The Bertz CT molecular complexity index is 959. The Morgan fingerprint density at radius 3 is 2.39 bits per heavy atom. The zero-order valence-electron chi connectivity index (χ0n) is 15.6. The van der Waals surface area contributed by atoms with Gasteiger partial charge in [0, 0.05) is 23.0 Å². The van der Waals surface area contributed by atoms with Crippen molar-refractivity contribution < 1.29 is 13.2 Å². The van der Waals surface area contributed by atoms with Gasteiger partial charge in [-0.25, -0.2) is 0 Å². The minimum atomic E-state index is -4.37. The van der Waals surface area contributed by atoms with Gasteiger partial charge < -0.3 is 10.2 Å². The van der Waals surface area contributed by atoms with Crippen LogP contribution in [0.2, 0.25) is 0 Å². The molecule has 0 bridgehead atoms. The van der Waals surface area contributed by atoms with Crippen LogP contribution in [0, 0.1) is 0 Å². The second-order valence-electron chi connectivity index (χ2n) is 7.41. The second-order valence-corrected chi connectivity index (χ2v) is 7.41. The van der Waals surface area contributed by atoms with Crippen molar-refractivity contribution in [2.75, 3.05) is 25.5 Å². The van der Waals surface area contributed by atoms with Crippen LogP contribution in [-0.4, -0.2) is 30.0 Å². The Hall–Kier alpha value is -2.60. The van der Waals surface area contributed by atoms with Crippen LogP contribution in [-0.2, 0) is 6.18 Å². The summed E-state index contributed by atoms with van der Waals surface area (Å²) in [7, 11) is 2.15. The first-order valence-electron chi connectivity index (χ1n) is 9.42. The third-order valence-corrected chi connectivity index (χ3v) is 5.45. The molecule has 0 amide bonds. The summed E-state index contributed by atoms with van der Waals surface area (Å²) in [5.41, 5.74) is 2.62. The normalized spacial score (nSPS) is 16.4. The molecule has 146 valence electrons. The van der Waals surface area contributed by atoms with Crippen molar-refractivity contribution in [1.82, 2.24) is 9.88 Å². The van der Waals surface area contributed by atoms with Gasteiger partial charge in [0.05, 0.1) is 11.1 Å². The number of nitrogens with zero attached hydrogens (tertiary/aromatic N) is 2.